The Morgan fingerprint density at radius 2 is 2.12 bits per heavy atom. The monoisotopic (exact) mass is 354 g/mol. The molecule has 1 atom stereocenters. The number of likely N-dealkylation sites (N-methyl/N-ethyl adjacent to an activating group) is 1. The second kappa shape index (κ2) is 8.09. The molecule has 0 aromatic heterocycles. The summed E-state index contributed by atoms with van der Waals surface area (Å²) >= 11 is 0. The molecular formula is C17H26N2O4S. The van der Waals surface area contributed by atoms with E-state index in [1.165, 1.54) is 4.31 Å². The smallest absolute Gasteiger partial charge is 0.243 e. The first-order valence-electron chi connectivity index (χ1n) is 8.30. The number of carbonyl (C=O) groups excluding carboxylic acids is 1. The van der Waals surface area contributed by atoms with Gasteiger partial charge in [-0.2, -0.15) is 4.31 Å². The van der Waals surface area contributed by atoms with E-state index in [0.29, 0.717) is 12.1 Å². The van der Waals surface area contributed by atoms with Crippen LogP contribution in [-0.2, 0) is 19.6 Å². The minimum absolute atomic E-state index is 0.0413. The minimum Gasteiger partial charge on any atom is -0.376 e. The van der Waals surface area contributed by atoms with E-state index in [4.69, 9.17) is 4.74 Å². The second-order valence-electron chi connectivity index (χ2n) is 6.14. The number of ether oxygens (including phenoxy) is 1. The SMILES string of the molecule is CCN(CC(=O)NC[C@@H]1CCCO1)S(=O)(=O)c1cc(C)ccc1C. The summed E-state index contributed by atoms with van der Waals surface area (Å²) < 4.78 is 32.4. The Balaban J connectivity index is 2.05. The molecule has 1 aliphatic heterocycles. The van der Waals surface area contributed by atoms with Crippen LogP contribution in [-0.4, -0.2) is 51.0 Å². The molecule has 1 aromatic carbocycles. The van der Waals surface area contributed by atoms with Crippen LogP contribution in [0.25, 0.3) is 0 Å². The van der Waals surface area contributed by atoms with E-state index in [-0.39, 0.29) is 30.0 Å². The van der Waals surface area contributed by atoms with Crippen LogP contribution in [0.2, 0.25) is 0 Å². The summed E-state index contributed by atoms with van der Waals surface area (Å²) in [7, 11) is -3.70. The van der Waals surface area contributed by atoms with Gasteiger partial charge in [-0.15, -0.1) is 0 Å². The van der Waals surface area contributed by atoms with Gasteiger partial charge in [0.15, 0.2) is 0 Å². The van der Waals surface area contributed by atoms with Gasteiger partial charge >= 0.3 is 0 Å². The molecule has 2 rings (SSSR count). The Morgan fingerprint density at radius 1 is 1.38 bits per heavy atom. The maximum atomic E-state index is 12.9. The predicted octanol–water partition coefficient (Wildman–Crippen LogP) is 1.61. The van der Waals surface area contributed by atoms with Crippen LogP contribution in [0.4, 0.5) is 0 Å². The quantitative estimate of drug-likeness (QED) is 0.807. The average Bonchev–Trinajstić information content (AvgIpc) is 3.06. The van der Waals surface area contributed by atoms with Crippen molar-refractivity contribution in [2.75, 3.05) is 26.2 Å². The summed E-state index contributed by atoms with van der Waals surface area (Å²) in [5.74, 6) is -0.304. The Labute approximate surface area is 144 Å². The predicted molar refractivity (Wildman–Crippen MR) is 92.3 cm³/mol. The molecule has 1 saturated heterocycles. The van der Waals surface area contributed by atoms with Crippen molar-refractivity contribution in [3.63, 3.8) is 0 Å². The molecule has 1 heterocycles. The zero-order valence-corrected chi connectivity index (χ0v) is 15.4. The van der Waals surface area contributed by atoms with Crippen LogP contribution in [0.15, 0.2) is 23.1 Å². The van der Waals surface area contributed by atoms with Crippen LogP contribution >= 0.6 is 0 Å². The highest BCUT2D eigenvalue weighted by Gasteiger charge is 2.27. The van der Waals surface area contributed by atoms with Gasteiger partial charge in [-0.25, -0.2) is 8.42 Å². The van der Waals surface area contributed by atoms with Crippen molar-refractivity contribution in [2.45, 2.75) is 44.6 Å². The number of nitrogens with zero attached hydrogens (tertiary/aromatic N) is 1. The number of hydrogen-bond donors (Lipinski definition) is 1. The molecule has 0 aliphatic carbocycles. The molecule has 134 valence electrons. The highest BCUT2D eigenvalue weighted by Crippen LogP contribution is 2.21. The molecule has 1 aliphatic rings. The fourth-order valence-corrected chi connectivity index (χ4v) is 4.46. The van der Waals surface area contributed by atoms with E-state index < -0.39 is 10.0 Å². The number of amides is 1. The van der Waals surface area contributed by atoms with Gasteiger partial charge in [0.25, 0.3) is 0 Å². The molecule has 7 heteroatoms. The number of sulfonamides is 1. The zero-order chi connectivity index (χ0) is 17.7. The van der Waals surface area contributed by atoms with Crippen LogP contribution in [0.1, 0.15) is 30.9 Å². The van der Waals surface area contributed by atoms with Crippen molar-refractivity contribution >= 4 is 15.9 Å². The number of rotatable bonds is 7. The number of nitrogens with one attached hydrogen (secondary N) is 1. The molecule has 0 bridgehead atoms. The number of hydrogen-bond acceptors (Lipinski definition) is 4. The van der Waals surface area contributed by atoms with E-state index in [2.05, 4.69) is 5.32 Å². The Morgan fingerprint density at radius 3 is 2.75 bits per heavy atom. The molecular weight excluding hydrogens is 328 g/mol. The third-order valence-corrected chi connectivity index (χ3v) is 6.25. The standard InChI is InChI=1S/C17H26N2O4S/c1-4-19(12-17(20)18-11-15-6-5-9-23-15)24(21,22)16-10-13(2)7-8-14(16)3/h7-8,10,15H,4-6,9,11-12H2,1-3H3,(H,18,20)/t15-/m0/s1. The fraction of sp³-hybridized carbons (Fsp3) is 0.588. The lowest BCUT2D eigenvalue weighted by Crippen LogP contribution is -2.42. The fourth-order valence-electron chi connectivity index (χ4n) is 2.74. The van der Waals surface area contributed by atoms with Crippen molar-refractivity contribution in [1.29, 1.82) is 0 Å². The van der Waals surface area contributed by atoms with Crippen molar-refractivity contribution in [2.24, 2.45) is 0 Å². The van der Waals surface area contributed by atoms with Gasteiger partial charge in [-0.3, -0.25) is 4.79 Å². The lowest BCUT2D eigenvalue weighted by Gasteiger charge is -2.22. The Kier molecular flexibility index (Phi) is 6.37. The van der Waals surface area contributed by atoms with Crippen molar-refractivity contribution in [1.82, 2.24) is 9.62 Å². The highest BCUT2D eigenvalue weighted by molar-refractivity contribution is 7.89. The average molecular weight is 354 g/mol. The summed E-state index contributed by atoms with van der Waals surface area (Å²) in [5, 5.41) is 2.77. The molecule has 0 radical (unpaired) electrons. The molecule has 1 amide bonds. The van der Waals surface area contributed by atoms with E-state index >= 15 is 0 Å². The normalized spacial score (nSPS) is 18.1. The first kappa shape index (κ1) is 18.9. The molecule has 1 aromatic rings. The van der Waals surface area contributed by atoms with Gasteiger partial charge in [0.1, 0.15) is 0 Å². The van der Waals surface area contributed by atoms with Crippen molar-refractivity contribution in [3.8, 4) is 0 Å². The van der Waals surface area contributed by atoms with Crippen molar-refractivity contribution < 1.29 is 17.9 Å². The maximum Gasteiger partial charge on any atom is 0.243 e. The van der Waals surface area contributed by atoms with Gasteiger partial charge < -0.3 is 10.1 Å². The topological polar surface area (TPSA) is 75.7 Å². The number of carbonyl (C=O) groups is 1. The van der Waals surface area contributed by atoms with E-state index in [1.807, 2.05) is 13.0 Å². The molecule has 1 N–H and O–H groups in total. The van der Waals surface area contributed by atoms with Crippen LogP contribution in [0, 0.1) is 13.8 Å². The third-order valence-electron chi connectivity index (χ3n) is 4.19. The summed E-state index contributed by atoms with van der Waals surface area (Å²) in [6.45, 7) is 6.56. The second-order valence-corrected chi connectivity index (χ2v) is 8.05. The first-order chi connectivity index (χ1) is 11.3. The molecule has 0 unspecified atom stereocenters. The minimum atomic E-state index is -3.70. The summed E-state index contributed by atoms with van der Waals surface area (Å²) in [4.78, 5) is 12.4. The third kappa shape index (κ3) is 4.55. The van der Waals surface area contributed by atoms with Gasteiger partial charge in [-0.1, -0.05) is 19.1 Å². The van der Waals surface area contributed by atoms with Crippen LogP contribution in [0.3, 0.4) is 0 Å². The van der Waals surface area contributed by atoms with Crippen LogP contribution < -0.4 is 5.32 Å². The molecule has 0 spiro atoms. The van der Waals surface area contributed by atoms with Crippen LogP contribution in [0.5, 0.6) is 0 Å². The summed E-state index contributed by atoms with van der Waals surface area (Å²) in [6, 6.07) is 5.31. The zero-order valence-electron chi connectivity index (χ0n) is 14.5. The Hall–Kier alpha value is -1.44. The van der Waals surface area contributed by atoms with E-state index in [9.17, 15) is 13.2 Å². The number of benzene rings is 1. The summed E-state index contributed by atoms with van der Waals surface area (Å²) in [5.41, 5.74) is 1.55. The molecule has 24 heavy (non-hydrogen) atoms. The lowest BCUT2D eigenvalue weighted by molar-refractivity contribution is -0.121. The van der Waals surface area contributed by atoms with Gasteiger partial charge in [0.05, 0.1) is 17.5 Å². The molecule has 6 nitrogen and oxygen atoms in total. The number of aryl methyl sites for hydroxylation is 2. The van der Waals surface area contributed by atoms with Gasteiger partial charge in [0.2, 0.25) is 15.9 Å². The summed E-state index contributed by atoms with van der Waals surface area (Å²) in [6.07, 6.45) is 1.97. The largest absolute Gasteiger partial charge is 0.376 e. The molecule has 1 fully saturated rings. The first-order valence-corrected chi connectivity index (χ1v) is 9.74. The highest BCUT2D eigenvalue weighted by atomic mass is 32.2. The van der Waals surface area contributed by atoms with Crippen molar-refractivity contribution in [3.05, 3.63) is 29.3 Å². The Bertz CT molecular complexity index is 682. The van der Waals surface area contributed by atoms with E-state index in [0.717, 1.165) is 25.0 Å². The van der Waals surface area contributed by atoms with E-state index in [1.54, 1.807) is 26.0 Å². The lowest BCUT2D eigenvalue weighted by atomic mass is 10.2. The van der Waals surface area contributed by atoms with Gasteiger partial charge in [-0.05, 0) is 43.9 Å². The maximum absolute atomic E-state index is 12.9. The van der Waals surface area contributed by atoms with Gasteiger partial charge in [0, 0.05) is 19.7 Å². The molecule has 0 saturated carbocycles.